The van der Waals surface area contributed by atoms with Crippen molar-refractivity contribution < 1.29 is 4.79 Å². The molecule has 1 aliphatic rings. The average molecular weight is 361 g/mol. The molecule has 2 heterocycles. The van der Waals surface area contributed by atoms with E-state index in [2.05, 4.69) is 45.5 Å². The van der Waals surface area contributed by atoms with Crippen molar-refractivity contribution in [3.8, 4) is 11.3 Å². The maximum Gasteiger partial charge on any atom is 0.228 e. The smallest absolute Gasteiger partial charge is 0.228 e. The van der Waals surface area contributed by atoms with E-state index in [4.69, 9.17) is 0 Å². The molecule has 1 aliphatic carbocycles. The minimum atomic E-state index is 0.0718. The van der Waals surface area contributed by atoms with E-state index in [0.29, 0.717) is 11.9 Å². The lowest BCUT2D eigenvalue weighted by molar-refractivity contribution is -0.122. The van der Waals surface area contributed by atoms with Crippen molar-refractivity contribution in [2.75, 3.05) is 10.6 Å². The summed E-state index contributed by atoms with van der Waals surface area (Å²) < 4.78 is 0. The molecule has 0 bridgehead atoms. The number of aromatic nitrogens is 3. The number of benzene rings is 1. The van der Waals surface area contributed by atoms with E-state index in [1.54, 1.807) is 18.6 Å². The summed E-state index contributed by atoms with van der Waals surface area (Å²) in [5.74, 6) is 1.56. The van der Waals surface area contributed by atoms with E-state index in [0.717, 1.165) is 47.1 Å². The summed E-state index contributed by atoms with van der Waals surface area (Å²) in [6.45, 7) is 4.13. The number of carbonyl (C=O) groups excluding carboxylic acids is 1. The number of pyridine rings is 1. The molecular formula is C21H23N5O. The van der Waals surface area contributed by atoms with Crippen LogP contribution < -0.4 is 10.6 Å². The topological polar surface area (TPSA) is 79.8 Å². The predicted molar refractivity (Wildman–Crippen MR) is 107 cm³/mol. The van der Waals surface area contributed by atoms with Gasteiger partial charge in [-0.1, -0.05) is 18.6 Å². The van der Waals surface area contributed by atoms with Crippen molar-refractivity contribution in [3.05, 3.63) is 42.9 Å². The third-order valence-electron chi connectivity index (χ3n) is 4.82. The van der Waals surface area contributed by atoms with Gasteiger partial charge in [-0.2, -0.15) is 0 Å². The van der Waals surface area contributed by atoms with Crippen molar-refractivity contribution in [1.82, 2.24) is 15.0 Å². The molecule has 0 unspecified atom stereocenters. The van der Waals surface area contributed by atoms with Crippen molar-refractivity contribution in [1.29, 1.82) is 0 Å². The Hall–Kier alpha value is -3.02. The summed E-state index contributed by atoms with van der Waals surface area (Å²) in [6, 6.07) is 8.29. The van der Waals surface area contributed by atoms with Gasteiger partial charge in [0.15, 0.2) is 0 Å². The third-order valence-corrected chi connectivity index (χ3v) is 4.82. The second-order valence-electron chi connectivity index (χ2n) is 7.34. The Morgan fingerprint density at radius 3 is 2.67 bits per heavy atom. The second kappa shape index (κ2) is 7.31. The molecule has 3 aromatic rings. The summed E-state index contributed by atoms with van der Waals surface area (Å²) in [4.78, 5) is 25.5. The van der Waals surface area contributed by atoms with Gasteiger partial charge in [0.05, 0.1) is 18.1 Å². The Kier molecular flexibility index (Phi) is 4.71. The van der Waals surface area contributed by atoms with Gasteiger partial charge in [-0.3, -0.25) is 9.78 Å². The fraction of sp³-hybridized carbons (Fsp3) is 0.333. The average Bonchev–Trinajstić information content (AvgIpc) is 2.59. The van der Waals surface area contributed by atoms with Gasteiger partial charge in [0, 0.05) is 29.1 Å². The molecule has 27 heavy (non-hydrogen) atoms. The van der Waals surface area contributed by atoms with Gasteiger partial charge >= 0.3 is 0 Å². The molecule has 0 spiro atoms. The van der Waals surface area contributed by atoms with Crippen LogP contribution in [0.1, 0.15) is 33.1 Å². The zero-order valence-electron chi connectivity index (χ0n) is 15.6. The molecule has 138 valence electrons. The van der Waals surface area contributed by atoms with Gasteiger partial charge in [0.2, 0.25) is 5.91 Å². The van der Waals surface area contributed by atoms with E-state index in [1.165, 1.54) is 0 Å². The maximum atomic E-state index is 12.2. The number of hydrogen-bond donors (Lipinski definition) is 2. The van der Waals surface area contributed by atoms with Crippen LogP contribution >= 0.6 is 0 Å². The third kappa shape index (κ3) is 3.89. The lowest BCUT2D eigenvalue weighted by atomic mass is 9.85. The standard InChI is InChI=1S/C21H23N5O/c1-13(2)24-20-12-22-11-18(25-20)15-6-7-16-10-23-19(9-17(16)8-15)26-21(27)14-4-3-5-14/h6-14H,3-5H2,1-2H3,(H,24,25)(H,23,26,27). The quantitative estimate of drug-likeness (QED) is 0.710. The molecular weight excluding hydrogens is 338 g/mol. The van der Waals surface area contributed by atoms with Crippen LogP contribution in [-0.2, 0) is 4.79 Å². The second-order valence-corrected chi connectivity index (χ2v) is 7.34. The molecule has 4 rings (SSSR count). The molecule has 6 heteroatoms. The molecule has 6 nitrogen and oxygen atoms in total. The Morgan fingerprint density at radius 1 is 1.07 bits per heavy atom. The van der Waals surface area contributed by atoms with Crippen molar-refractivity contribution >= 4 is 28.3 Å². The highest BCUT2D eigenvalue weighted by Crippen LogP contribution is 2.28. The van der Waals surface area contributed by atoms with Crippen LogP contribution in [0, 0.1) is 5.92 Å². The number of fused-ring (bicyclic) bond motifs is 1. The van der Waals surface area contributed by atoms with Crippen LogP contribution in [0.15, 0.2) is 42.9 Å². The highest BCUT2D eigenvalue weighted by atomic mass is 16.2. The van der Waals surface area contributed by atoms with Crippen molar-refractivity contribution in [2.24, 2.45) is 5.92 Å². The highest BCUT2D eigenvalue weighted by molar-refractivity contribution is 5.95. The van der Waals surface area contributed by atoms with Gasteiger partial charge in [0.25, 0.3) is 0 Å². The zero-order valence-corrected chi connectivity index (χ0v) is 15.6. The molecule has 1 fully saturated rings. The van der Waals surface area contributed by atoms with Crippen molar-refractivity contribution in [2.45, 2.75) is 39.2 Å². The molecule has 0 radical (unpaired) electrons. The van der Waals surface area contributed by atoms with Gasteiger partial charge < -0.3 is 10.6 Å². The lowest BCUT2D eigenvalue weighted by Gasteiger charge is -2.23. The number of nitrogens with zero attached hydrogens (tertiary/aromatic N) is 3. The van der Waals surface area contributed by atoms with E-state index < -0.39 is 0 Å². The molecule has 0 aliphatic heterocycles. The zero-order chi connectivity index (χ0) is 18.8. The summed E-state index contributed by atoms with van der Waals surface area (Å²) in [5.41, 5.74) is 1.78. The first-order valence-electron chi connectivity index (χ1n) is 9.38. The molecule has 1 aromatic carbocycles. The van der Waals surface area contributed by atoms with Crippen LogP contribution in [0.5, 0.6) is 0 Å². The molecule has 1 amide bonds. The van der Waals surface area contributed by atoms with Crippen LogP contribution in [0.2, 0.25) is 0 Å². The first-order chi connectivity index (χ1) is 13.1. The molecule has 0 atom stereocenters. The van der Waals surface area contributed by atoms with Crippen LogP contribution in [0.3, 0.4) is 0 Å². The van der Waals surface area contributed by atoms with Crippen molar-refractivity contribution in [3.63, 3.8) is 0 Å². The van der Waals surface area contributed by atoms with Crippen LogP contribution in [-0.4, -0.2) is 26.9 Å². The largest absolute Gasteiger partial charge is 0.367 e. The monoisotopic (exact) mass is 361 g/mol. The Morgan fingerprint density at radius 2 is 1.93 bits per heavy atom. The van der Waals surface area contributed by atoms with Gasteiger partial charge in [-0.25, -0.2) is 9.97 Å². The van der Waals surface area contributed by atoms with E-state index in [9.17, 15) is 4.79 Å². The Labute approximate surface area is 158 Å². The summed E-state index contributed by atoms with van der Waals surface area (Å²) >= 11 is 0. The normalized spacial score (nSPS) is 14.2. The Balaban J connectivity index is 1.61. The highest BCUT2D eigenvalue weighted by Gasteiger charge is 2.25. The van der Waals surface area contributed by atoms with Gasteiger partial charge in [0.1, 0.15) is 11.6 Å². The number of rotatable bonds is 5. The van der Waals surface area contributed by atoms with Crippen LogP contribution in [0.4, 0.5) is 11.6 Å². The number of amides is 1. The minimum absolute atomic E-state index is 0.0718. The van der Waals surface area contributed by atoms with E-state index in [1.807, 2.05) is 18.2 Å². The maximum absolute atomic E-state index is 12.2. The number of anilines is 2. The number of hydrogen-bond acceptors (Lipinski definition) is 5. The summed E-state index contributed by atoms with van der Waals surface area (Å²) in [7, 11) is 0. The van der Waals surface area contributed by atoms with Gasteiger partial charge in [-0.15, -0.1) is 0 Å². The molecule has 2 N–H and O–H groups in total. The predicted octanol–water partition coefficient (Wildman–Crippen LogP) is 4.25. The first-order valence-corrected chi connectivity index (χ1v) is 9.38. The SMILES string of the molecule is CC(C)Nc1cncc(-c2ccc3cnc(NC(=O)C4CCC4)cc3c2)n1. The lowest BCUT2D eigenvalue weighted by Crippen LogP contribution is -2.28. The molecule has 2 aromatic heterocycles. The molecule has 0 saturated heterocycles. The van der Waals surface area contributed by atoms with Gasteiger partial charge in [-0.05, 0) is 44.2 Å². The summed E-state index contributed by atoms with van der Waals surface area (Å²) in [5, 5.41) is 8.24. The summed E-state index contributed by atoms with van der Waals surface area (Å²) in [6.07, 6.45) is 8.36. The van der Waals surface area contributed by atoms with Crippen LogP contribution in [0.25, 0.3) is 22.0 Å². The first kappa shape index (κ1) is 17.4. The van der Waals surface area contributed by atoms with E-state index >= 15 is 0 Å². The Bertz CT molecular complexity index is 981. The molecule has 1 saturated carbocycles. The number of carbonyl (C=O) groups is 1. The fourth-order valence-electron chi connectivity index (χ4n) is 3.14. The van der Waals surface area contributed by atoms with E-state index in [-0.39, 0.29) is 11.8 Å². The minimum Gasteiger partial charge on any atom is -0.367 e. The number of nitrogens with one attached hydrogen (secondary N) is 2. The fourth-order valence-corrected chi connectivity index (χ4v) is 3.14.